The molecule has 15 heavy (non-hydrogen) atoms. The molecule has 84 valence electrons. The number of aromatic amines is 1. The van der Waals surface area contributed by atoms with E-state index in [4.69, 9.17) is 5.73 Å². The van der Waals surface area contributed by atoms with E-state index in [2.05, 4.69) is 28.7 Å². The van der Waals surface area contributed by atoms with Crippen molar-refractivity contribution in [1.82, 2.24) is 9.97 Å². The maximum absolute atomic E-state index is 5.88. The van der Waals surface area contributed by atoms with Crippen LogP contribution in [0.5, 0.6) is 0 Å². The van der Waals surface area contributed by atoms with Gasteiger partial charge in [0.2, 0.25) is 0 Å². The molecule has 0 saturated carbocycles. The van der Waals surface area contributed by atoms with Gasteiger partial charge >= 0.3 is 0 Å². The third-order valence-electron chi connectivity index (χ3n) is 3.25. The Hall–Kier alpha value is -1.19. The lowest BCUT2D eigenvalue weighted by Crippen LogP contribution is -2.37. The van der Waals surface area contributed by atoms with E-state index in [-0.39, 0.29) is 0 Å². The van der Waals surface area contributed by atoms with Gasteiger partial charge in [-0.2, -0.15) is 0 Å². The first-order valence-electron chi connectivity index (χ1n) is 5.55. The van der Waals surface area contributed by atoms with Crippen LogP contribution in [0, 0.1) is 12.3 Å². The van der Waals surface area contributed by atoms with Crippen LogP contribution in [0.4, 0.5) is 11.6 Å². The zero-order valence-corrected chi connectivity index (χ0v) is 9.80. The molecular weight excluding hydrogens is 188 g/mol. The summed E-state index contributed by atoms with van der Waals surface area (Å²) in [5, 5.41) is 0. The average molecular weight is 208 g/mol. The number of aromatic nitrogens is 2. The number of nitrogens with zero attached hydrogens (tertiary/aromatic N) is 2. The topological polar surface area (TPSA) is 57.9 Å². The van der Waals surface area contributed by atoms with Crippen molar-refractivity contribution in [2.24, 2.45) is 5.41 Å². The number of nitrogens with two attached hydrogens (primary N) is 1. The normalized spacial score (nSPS) is 20.6. The summed E-state index contributed by atoms with van der Waals surface area (Å²) in [4.78, 5) is 9.76. The van der Waals surface area contributed by atoms with Gasteiger partial charge in [0.25, 0.3) is 0 Å². The molecule has 3 N–H and O–H groups in total. The van der Waals surface area contributed by atoms with Crippen LogP contribution in [0.2, 0.25) is 0 Å². The highest BCUT2D eigenvalue weighted by atomic mass is 15.2. The quantitative estimate of drug-likeness (QED) is 0.741. The van der Waals surface area contributed by atoms with Crippen LogP contribution in [-0.2, 0) is 0 Å². The van der Waals surface area contributed by atoms with Gasteiger partial charge < -0.3 is 15.6 Å². The molecule has 0 bridgehead atoms. The van der Waals surface area contributed by atoms with Crippen molar-refractivity contribution in [1.29, 1.82) is 0 Å². The van der Waals surface area contributed by atoms with E-state index >= 15 is 0 Å². The number of anilines is 2. The summed E-state index contributed by atoms with van der Waals surface area (Å²) in [6.45, 7) is 8.70. The molecule has 1 saturated heterocycles. The molecule has 1 aliphatic heterocycles. The molecule has 0 amide bonds. The van der Waals surface area contributed by atoms with Gasteiger partial charge in [-0.3, -0.25) is 0 Å². The molecule has 0 unspecified atom stereocenters. The number of nitrogens with one attached hydrogen (secondary N) is 1. The molecule has 1 aromatic heterocycles. The van der Waals surface area contributed by atoms with Gasteiger partial charge in [-0.05, 0) is 25.2 Å². The van der Waals surface area contributed by atoms with E-state index in [0.29, 0.717) is 11.2 Å². The fourth-order valence-electron chi connectivity index (χ4n) is 2.06. The molecule has 1 aliphatic rings. The molecular formula is C11H20N4. The number of aryl methyl sites for hydroxylation is 1. The number of hydrogen-bond donors (Lipinski definition) is 2. The van der Waals surface area contributed by atoms with Crippen LogP contribution in [0.1, 0.15) is 32.5 Å². The van der Waals surface area contributed by atoms with E-state index < -0.39 is 0 Å². The standard InChI is InChI=1S/C11H20N4/c1-8-13-9(12)10(14-8)15-6-4-11(2,3)5-7-15/h4-7,12H2,1-3H3,(H,13,14). The first kappa shape index (κ1) is 10.3. The van der Waals surface area contributed by atoms with Gasteiger partial charge in [0, 0.05) is 13.1 Å². The van der Waals surface area contributed by atoms with Gasteiger partial charge in [-0.25, -0.2) is 4.98 Å². The Kier molecular flexibility index (Phi) is 2.37. The minimum absolute atomic E-state index is 0.469. The van der Waals surface area contributed by atoms with E-state index in [9.17, 15) is 0 Å². The monoisotopic (exact) mass is 208 g/mol. The zero-order chi connectivity index (χ0) is 11.1. The van der Waals surface area contributed by atoms with Crippen LogP contribution in [0.15, 0.2) is 0 Å². The van der Waals surface area contributed by atoms with Gasteiger partial charge in [-0.1, -0.05) is 13.8 Å². The van der Waals surface area contributed by atoms with Gasteiger partial charge in [0.05, 0.1) is 0 Å². The number of piperidine rings is 1. The van der Waals surface area contributed by atoms with Gasteiger partial charge in [-0.15, -0.1) is 0 Å². The number of rotatable bonds is 1. The van der Waals surface area contributed by atoms with Crippen LogP contribution in [0.3, 0.4) is 0 Å². The molecule has 0 spiro atoms. The molecule has 1 fully saturated rings. The first-order valence-corrected chi connectivity index (χ1v) is 5.55. The van der Waals surface area contributed by atoms with Crippen LogP contribution >= 0.6 is 0 Å². The minimum Gasteiger partial charge on any atom is -0.382 e. The summed E-state index contributed by atoms with van der Waals surface area (Å²) < 4.78 is 0. The number of hydrogen-bond acceptors (Lipinski definition) is 3. The van der Waals surface area contributed by atoms with Crippen molar-refractivity contribution in [2.75, 3.05) is 23.7 Å². The second-order valence-corrected chi connectivity index (χ2v) is 5.21. The number of nitrogen functional groups attached to an aromatic ring is 1. The maximum atomic E-state index is 5.88. The van der Waals surface area contributed by atoms with E-state index in [1.807, 2.05) is 6.92 Å². The van der Waals surface area contributed by atoms with Crippen molar-refractivity contribution in [3.63, 3.8) is 0 Å². The predicted molar refractivity (Wildman–Crippen MR) is 63.0 cm³/mol. The summed E-state index contributed by atoms with van der Waals surface area (Å²) in [6.07, 6.45) is 2.41. The van der Waals surface area contributed by atoms with Gasteiger partial charge in [0.15, 0.2) is 5.82 Å². The molecule has 2 rings (SSSR count). The largest absolute Gasteiger partial charge is 0.382 e. The highest BCUT2D eigenvalue weighted by Gasteiger charge is 2.27. The highest BCUT2D eigenvalue weighted by Crippen LogP contribution is 2.33. The smallest absolute Gasteiger partial charge is 0.171 e. The fourth-order valence-corrected chi connectivity index (χ4v) is 2.06. The van der Waals surface area contributed by atoms with Crippen molar-refractivity contribution >= 4 is 11.6 Å². The minimum atomic E-state index is 0.469. The van der Waals surface area contributed by atoms with E-state index in [1.165, 1.54) is 12.8 Å². The third kappa shape index (κ3) is 2.08. The zero-order valence-electron chi connectivity index (χ0n) is 9.80. The molecule has 4 heteroatoms. The first-order chi connectivity index (χ1) is 6.98. The second kappa shape index (κ2) is 3.43. The molecule has 0 radical (unpaired) electrons. The molecule has 2 heterocycles. The molecule has 0 aromatic carbocycles. The van der Waals surface area contributed by atoms with Crippen LogP contribution < -0.4 is 10.6 Å². The SMILES string of the molecule is Cc1nc(N2CCC(C)(C)CC2)c(N)[nH]1. The summed E-state index contributed by atoms with van der Waals surface area (Å²) >= 11 is 0. The average Bonchev–Trinajstić information content (AvgIpc) is 2.45. The lowest BCUT2D eigenvalue weighted by atomic mass is 9.83. The lowest BCUT2D eigenvalue weighted by molar-refractivity contribution is 0.279. The molecule has 4 nitrogen and oxygen atoms in total. The summed E-state index contributed by atoms with van der Waals surface area (Å²) in [5.74, 6) is 2.53. The molecule has 0 atom stereocenters. The summed E-state index contributed by atoms with van der Waals surface area (Å²) in [7, 11) is 0. The van der Waals surface area contributed by atoms with Crippen molar-refractivity contribution in [3.05, 3.63) is 5.82 Å². The highest BCUT2D eigenvalue weighted by molar-refractivity contribution is 5.59. The van der Waals surface area contributed by atoms with E-state index in [0.717, 1.165) is 24.7 Å². The second-order valence-electron chi connectivity index (χ2n) is 5.21. The Labute approximate surface area is 90.9 Å². The summed E-state index contributed by atoms with van der Waals surface area (Å²) in [5.41, 5.74) is 6.35. The van der Waals surface area contributed by atoms with Gasteiger partial charge in [0.1, 0.15) is 11.6 Å². The Morgan fingerprint density at radius 2 is 1.93 bits per heavy atom. The van der Waals surface area contributed by atoms with Crippen molar-refractivity contribution in [2.45, 2.75) is 33.6 Å². The van der Waals surface area contributed by atoms with Crippen LogP contribution in [0.25, 0.3) is 0 Å². The predicted octanol–water partition coefficient (Wildman–Crippen LogP) is 1.93. The Morgan fingerprint density at radius 3 is 2.40 bits per heavy atom. The number of H-pyrrole nitrogens is 1. The fraction of sp³-hybridized carbons (Fsp3) is 0.727. The van der Waals surface area contributed by atoms with Crippen molar-refractivity contribution < 1.29 is 0 Å². The Bertz CT molecular complexity index is 343. The lowest BCUT2D eigenvalue weighted by Gasteiger charge is -2.37. The summed E-state index contributed by atoms with van der Waals surface area (Å²) in [6, 6.07) is 0. The maximum Gasteiger partial charge on any atom is 0.171 e. The van der Waals surface area contributed by atoms with Crippen molar-refractivity contribution in [3.8, 4) is 0 Å². The van der Waals surface area contributed by atoms with E-state index in [1.54, 1.807) is 0 Å². The molecule has 1 aromatic rings. The third-order valence-corrected chi connectivity index (χ3v) is 3.25. The molecule has 0 aliphatic carbocycles. The Morgan fingerprint density at radius 1 is 1.33 bits per heavy atom. The van der Waals surface area contributed by atoms with Crippen LogP contribution in [-0.4, -0.2) is 23.1 Å². The number of imidazole rings is 1. The Balaban J connectivity index is 2.11.